The van der Waals surface area contributed by atoms with Gasteiger partial charge in [0.25, 0.3) is 0 Å². The lowest BCUT2D eigenvalue weighted by atomic mass is 9.80. The van der Waals surface area contributed by atoms with E-state index in [0.717, 1.165) is 6.26 Å². The van der Waals surface area contributed by atoms with E-state index in [1.54, 1.807) is 19.9 Å². The van der Waals surface area contributed by atoms with E-state index in [9.17, 15) is 35.1 Å². The van der Waals surface area contributed by atoms with E-state index in [2.05, 4.69) is 13.2 Å². The zero-order valence-corrected chi connectivity index (χ0v) is 21.3. The third kappa shape index (κ3) is 6.70. The van der Waals surface area contributed by atoms with Crippen LogP contribution in [-0.4, -0.2) is 93.0 Å². The standard InChI is InChI=1S/C26H36O12/c1-5-14-15-10-18(36-22(31)13(3)8-7-9-26(4,33)6-2)37-23(32)16(15)12-34-24(14)38-25-21(30)20(29)19(28)17(11-27)35-25/h5-6,8,12,14-15,17-21,24-25,27-30,33H,1-2,7,9-11H2,3-4H3/b13-8+/t14-,15-,17-,18+,19+,20+,21-,24+,25-,26+/m0/s1. The molecule has 3 aliphatic rings. The Bertz CT molecular complexity index is 954. The summed E-state index contributed by atoms with van der Waals surface area (Å²) in [6.45, 7) is 9.86. The Labute approximate surface area is 220 Å². The number of hydrogen-bond donors (Lipinski definition) is 5. The molecule has 38 heavy (non-hydrogen) atoms. The molecule has 0 unspecified atom stereocenters. The van der Waals surface area contributed by atoms with Crippen molar-refractivity contribution in [1.82, 2.24) is 0 Å². The Morgan fingerprint density at radius 2 is 1.92 bits per heavy atom. The number of aliphatic hydroxyl groups excluding tert-OH is 4. The monoisotopic (exact) mass is 540 g/mol. The minimum absolute atomic E-state index is 0.0658. The van der Waals surface area contributed by atoms with Crippen molar-refractivity contribution in [2.45, 2.75) is 82.0 Å². The van der Waals surface area contributed by atoms with Crippen LogP contribution in [-0.2, 0) is 33.3 Å². The molecular formula is C26H36O12. The van der Waals surface area contributed by atoms with Crippen molar-refractivity contribution in [2.75, 3.05) is 6.61 Å². The second-order valence-electron chi connectivity index (χ2n) is 9.79. The van der Waals surface area contributed by atoms with Crippen molar-refractivity contribution in [3.05, 3.63) is 48.8 Å². The summed E-state index contributed by atoms with van der Waals surface area (Å²) in [6, 6.07) is 0. The third-order valence-corrected chi connectivity index (χ3v) is 6.92. The first kappa shape index (κ1) is 30.0. The largest absolute Gasteiger partial charge is 0.471 e. The molecule has 3 rings (SSSR count). The van der Waals surface area contributed by atoms with E-state index < -0.39 is 79.3 Å². The first-order valence-corrected chi connectivity index (χ1v) is 12.3. The maximum absolute atomic E-state index is 12.6. The van der Waals surface area contributed by atoms with Crippen molar-refractivity contribution < 1.29 is 58.8 Å². The second-order valence-corrected chi connectivity index (χ2v) is 9.79. The molecule has 2 saturated heterocycles. The molecule has 0 aliphatic carbocycles. The van der Waals surface area contributed by atoms with Crippen LogP contribution in [0.25, 0.3) is 0 Å². The number of carbonyl (C=O) groups is 2. The van der Waals surface area contributed by atoms with E-state index in [0.29, 0.717) is 12.8 Å². The fourth-order valence-corrected chi connectivity index (χ4v) is 4.40. The van der Waals surface area contributed by atoms with Gasteiger partial charge in [-0.05, 0) is 26.7 Å². The van der Waals surface area contributed by atoms with Crippen LogP contribution in [0.5, 0.6) is 0 Å². The first-order valence-electron chi connectivity index (χ1n) is 12.3. The SMILES string of the molecule is C=C[C@@H]1[C@@H](O[C@@H]2O[C@@H](CO)[C@@H](O)[C@@H](O)[C@@H]2O)OC=C2C(=O)O[C@@H](OC(=O)/C(C)=C/CC[C@](C)(O)C=C)C[C@H]21. The molecule has 10 atom stereocenters. The van der Waals surface area contributed by atoms with Crippen LogP contribution in [0.2, 0.25) is 0 Å². The molecule has 212 valence electrons. The highest BCUT2D eigenvalue weighted by molar-refractivity contribution is 5.91. The Morgan fingerprint density at radius 3 is 2.55 bits per heavy atom. The quantitative estimate of drug-likeness (QED) is 0.142. The fourth-order valence-electron chi connectivity index (χ4n) is 4.40. The molecule has 12 nitrogen and oxygen atoms in total. The van der Waals surface area contributed by atoms with Crippen LogP contribution >= 0.6 is 0 Å². The van der Waals surface area contributed by atoms with Crippen molar-refractivity contribution in [3.8, 4) is 0 Å². The molecule has 3 heterocycles. The molecule has 0 radical (unpaired) electrons. The molecule has 0 bridgehead atoms. The van der Waals surface area contributed by atoms with Gasteiger partial charge in [0.05, 0.1) is 24.0 Å². The van der Waals surface area contributed by atoms with E-state index in [4.69, 9.17) is 23.7 Å². The van der Waals surface area contributed by atoms with Gasteiger partial charge in [0.15, 0.2) is 6.29 Å². The molecule has 0 aromatic rings. The predicted molar refractivity (Wildman–Crippen MR) is 129 cm³/mol. The zero-order chi connectivity index (χ0) is 28.2. The van der Waals surface area contributed by atoms with Gasteiger partial charge in [-0.1, -0.05) is 18.2 Å². The second kappa shape index (κ2) is 12.5. The summed E-state index contributed by atoms with van der Waals surface area (Å²) in [5, 5.41) is 49.7. The van der Waals surface area contributed by atoms with Gasteiger partial charge in [-0.25, -0.2) is 9.59 Å². The lowest BCUT2D eigenvalue weighted by molar-refractivity contribution is -0.340. The summed E-state index contributed by atoms with van der Waals surface area (Å²) in [4.78, 5) is 25.2. The highest BCUT2D eigenvalue weighted by atomic mass is 16.8. The van der Waals surface area contributed by atoms with E-state index in [1.807, 2.05) is 0 Å². The fraction of sp³-hybridized carbons (Fsp3) is 0.615. The molecular weight excluding hydrogens is 504 g/mol. The minimum Gasteiger partial charge on any atom is -0.471 e. The van der Waals surface area contributed by atoms with Crippen molar-refractivity contribution in [3.63, 3.8) is 0 Å². The predicted octanol–water partition coefficient (Wildman–Crippen LogP) is -0.0588. The summed E-state index contributed by atoms with van der Waals surface area (Å²) in [7, 11) is 0. The number of cyclic esters (lactones) is 1. The molecule has 0 spiro atoms. The lowest BCUT2D eigenvalue weighted by Gasteiger charge is -2.44. The molecule has 3 aliphatic heterocycles. The number of allylic oxidation sites excluding steroid dienone is 1. The molecule has 2 fully saturated rings. The summed E-state index contributed by atoms with van der Waals surface area (Å²) < 4.78 is 27.3. The first-order chi connectivity index (χ1) is 17.9. The van der Waals surface area contributed by atoms with Crippen LogP contribution in [0.3, 0.4) is 0 Å². The smallest absolute Gasteiger partial charge is 0.340 e. The number of carbonyl (C=O) groups excluding carboxylic acids is 2. The topological polar surface area (TPSA) is 181 Å². The van der Waals surface area contributed by atoms with Crippen LogP contribution in [0, 0.1) is 11.8 Å². The molecule has 0 aromatic heterocycles. The van der Waals surface area contributed by atoms with E-state index in [-0.39, 0.29) is 17.6 Å². The summed E-state index contributed by atoms with van der Waals surface area (Å²) in [5.74, 6) is -2.72. The summed E-state index contributed by atoms with van der Waals surface area (Å²) in [6.07, 6.45) is -3.37. The van der Waals surface area contributed by atoms with Gasteiger partial charge in [0.1, 0.15) is 24.4 Å². The van der Waals surface area contributed by atoms with Crippen molar-refractivity contribution in [2.24, 2.45) is 11.8 Å². The van der Waals surface area contributed by atoms with Gasteiger partial charge < -0.3 is 49.2 Å². The van der Waals surface area contributed by atoms with Crippen LogP contribution in [0.1, 0.15) is 33.1 Å². The van der Waals surface area contributed by atoms with Gasteiger partial charge in [0.2, 0.25) is 12.6 Å². The number of rotatable bonds is 10. The van der Waals surface area contributed by atoms with Gasteiger partial charge in [-0.3, -0.25) is 0 Å². The van der Waals surface area contributed by atoms with E-state index >= 15 is 0 Å². The molecule has 0 saturated carbocycles. The summed E-state index contributed by atoms with van der Waals surface area (Å²) >= 11 is 0. The van der Waals surface area contributed by atoms with E-state index in [1.165, 1.54) is 12.2 Å². The van der Waals surface area contributed by atoms with Gasteiger partial charge in [0, 0.05) is 23.8 Å². The van der Waals surface area contributed by atoms with Crippen LogP contribution < -0.4 is 0 Å². The highest BCUT2D eigenvalue weighted by Crippen LogP contribution is 2.40. The average Bonchev–Trinajstić information content (AvgIpc) is 2.88. The Balaban J connectivity index is 1.67. The molecule has 5 N–H and O–H groups in total. The Hall–Kier alpha value is -2.58. The molecule has 0 amide bonds. The van der Waals surface area contributed by atoms with Gasteiger partial charge in [-0.15, -0.1) is 13.2 Å². The maximum Gasteiger partial charge on any atom is 0.340 e. The minimum atomic E-state index is -1.65. The van der Waals surface area contributed by atoms with Crippen molar-refractivity contribution in [1.29, 1.82) is 0 Å². The van der Waals surface area contributed by atoms with Gasteiger partial charge >= 0.3 is 11.9 Å². The van der Waals surface area contributed by atoms with Gasteiger partial charge in [-0.2, -0.15) is 0 Å². The number of hydrogen-bond acceptors (Lipinski definition) is 12. The Morgan fingerprint density at radius 1 is 1.21 bits per heavy atom. The molecule has 0 aromatic carbocycles. The number of aliphatic hydroxyl groups is 5. The average molecular weight is 541 g/mol. The summed E-state index contributed by atoms with van der Waals surface area (Å²) in [5.41, 5.74) is -0.618. The highest BCUT2D eigenvalue weighted by Gasteiger charge is 2.49. The number of esters is 2. The molecule has 12 heteroatoms. The Kier molecular flexibility index (Phi) is 9.87. The number of fused-ring (bicyclic) bond motifs is 1. The normalized spacial score (nSPS) is 37.0. The van der Waals surface area contributed by atoms with Crippen LogP contribution in [0.15, 0.2) is 48.8 Å². The lowest BCUT2D eigenvalue weighted by Crippen LogP contribution is -2.60. The number of ether oxygens (including phenoxy) is 5. The maximum atomic E-state index is 12.6. The van der Waals surface area contributed by atoms with Crippen LogP contribution in [0.4, 0.5) is 0 Å². The zero-order valence-electron chi connectivity index (χ0n) is 21.3. The van der Waals surface area contributed by atoms with Crippen molar-refractivity contribution >= 4 is 11.9 Å². The third-order valence-electron chi connectivity index (χ3n) is 6.92.